The number of hydrogen-bond donors (Lipinski definition) is 1. The van der Waals surface area contributed by atoms with Crippen molar-refractivity contribution in [1.82, 2.24) is 0 Å². The van der Waals surface area contributed by atoms with E-state index in [1.165, 1.54) is 37.7 Å². The molecule has 0 atom stereocenters. The van der Waals surface area contributed by atoms with Crippen LogP contribution in [-0.2, 0) is 4.79 Å². The molecule has 1 aliphatic rings. The normalized spacial score (nSPS) is 15.8. The molecule has 0 aliphatic heterocycles. The van der Waals surface area contributed by atoms with Crippen LogP contribution in [0.4, 0.5) is 0 Å². The lowest BCUT2D eigenvalue weighted by atomic mass is 9.84. The van der Waals surface area contributed by atoms with E-state index in [2.05, 4.69) is 17.9 Å². The fourth-order valence-corrected chi connectivity index (χ4v) is 2.51. The minimum Gasteiger partial charge on any atom is -0.478 e. The summed E-state index contributed by atoms with van der Waals surface area (Å²) in [7, 11) is 0. The third kappa shape index (κ3) is 3.61. The molecule has 1 fully saturated rings. The largest absolute Gasteiger partial charge is 0.478 e. The van der Waals surface area contributed by atoms with Gasteiger partial charge in [-0.3, -0.25) is 0 Å². The van der Waals surface area contributed by atoms with Crippen LogP contribution >= 0.6 is 0 Å². The molecule has 0 radical (unpaired) electrons. The number of benzene rings is 1. The molecular formula is C16H18O2. The molecule has 0 aromatic heterocycles. The molecule has 1 saturated carbocycles. The van der Waals surface area contributed by atoms with Crippen molar-refractivity contribution in [2.45, 2.75) is 38.0 Å². The monoisotopic (exact) mass is 242 g/mol. The van der Waals surface area contributed by atoms with E-state index in [0.717, 1.165) is 11.6 Å². The van der Waals surface area contributed by atoms with Crippen LogP contribution in [0, 0.1) is 0 Å². The third-order valence-electron chi connectivity index (χ3n) is 3.47. The van der Waals surface area contributed by atoms with Crippen molar-refractivity contribution in [2.75, 3.05) is 0 Å². The molecule has 2 nitrogen and oxygen atoms in total. The van der Waals surface area contributed by atoms with Gasteiger partial charge in [0, 0.05) is 0 Å². The van der Waals surface area contributed by atoms with Gasteiger partial charge in [0.1, 0.15) is 0 Å². The topological polar surface area (TPSA) is 37.3 Å². The van der Waals surface area contributed by atoms with Crippen molar-refractivity contribution in [3.8, 4) is 0 Å². The smallest absolute Gasteiger partial charge is 0.336 e. The number of carboxylic acid groups (broad SMARTS) is 1. The quantitative estimate of drug-likeness (QED) is 0.643. The highest BCUT2D eigenvalue weighted by Crippen LogP contribution is 2.32. The zero-order valence-electron chi connectivity index (χ0n) is 10.4. The van der Waals surface area contributed by atoms with Crippen molar-refractivity contribution in [1.29, 1.82) is 0 Å². The second-order valence-corrected chi connectivity index (χ2v) is 4.80. The molecule has 1 N–H and O–H groups in total. The maximum Gasteiger partial charge on any atom is 0.336 e. The summed E-state index contributed by atoms with van der Waals surface area (Å²) >= 11 is 0. The Balaban J connectivity index is 2.05. The van der Waals surface area contributed by atoms with E-state index in [-0.39, 0.29) is 0 Å². The molecule has 0 unspecified atom stereocenters. The van der Waals surface area contributed by atoms with E-state index < -0.39 is 5.97 Å². The van der Waals surface area contributed by atoms with Gasteiger partial charge >= 0.3 is 5.97 Å². The zero-order chi connectivity index (χ0) is 12.8. The second-order valence-electron chi connectivity index (χ2n) is 4.80. The summed E-state index contributed by atoms with van der Waals surface area (Å²) in [4.78, 5) is 10.3. The molecule has 0 bridgehead atoms. The van der Waals surface area contributed by atoms with Gasteiger partial charge in [0.25, 0.3) is 0 Å². The summed E-state index contributed by atoms with van der Waals surface area (Å²) in [5, 5.41) is 8.47. The van der Waals surface area contributed by atoms with Crippen LogP contribution < -0.4 is 0 Å². The van der Waals surface area contributed by atoms with Gasteiger partial charge in [-0.2, -0.15) is 0 Å². The molecule has 1 aliphatic carbocycles. The van der Waals surface area contributed by atoms with Crippen LogP contribution in [0.5, 0.6) is 0 Å². The molecule has 2 rings (SSSR count). The highest BCUT2D eigenvalue weighted by molar-refractivity contribution is 5.80. The SMILES string of the molecule is O=C(O)C=C=Cc1ccc(C2CCCCC2)cc1. The fraction of sp³-hybridized carbons (Fsp3) is 0.375. The number of carbonyl (C=O) groups is 1. The lowest BCUT2D eigenvalue weighted by Gasteiger charge is -2.21. The Kier molecular flexibility index (Phi) is 4.38. The van der Waals surface area contributed by atoms with Gasteiger partial charge in [-0.05, 0) is 36.0 Å². The first-order chi connectivity index (χ1) is 8.75. The maximum absolute atomic E-state index is 10.3. The van der Waals surface area contributed by atoms with Crippen molar-refractivity contribution in [3.05, 3.63) is 47.2 Å². The van der Waals surface area contributed by atoms with E-state index in [9.17, 15) is 4.79 Å². The predicted molar refractivity (Wildman–Crippen MR) is 72.5 cm³/mol. The van der Waals surface area contributed by atoms with Crippen molar-refractivity contribution in [3.63, 3.8) is 0 Å². The Bertz CT molecular complexity index is 458. The molecule has 0 saturated heterocycles. The molecule has 2 heteroatoms. The van der Waals surface area contributed by atoms with Crippen LogP contribution in [0.25, 0.3) is 6.08 Å². The average molecular weight is 242 g/mol. The van der Waals surface area contributed by atoms with Crippen molar-refractivity contribution >= 4 is 12.0 Å². The van der Waals surface area contributed by atoms with Gasteiger partial charge in [-0.15, -0.1) is 5.73 Å². The standard InChI is InChI=1S/C16H18O2/c17-16(18)8-4-5-13-9-11-15(12-10-13)14-6-2-1-3-7-14/h5,8-12,14H,1-3,6-7H2,(H,17,18). The molecule has 1 aromatic carbocycles. The van der Waals surface area contributed by atoms with E-state index in [1.54, 1.807) is 6.08 Å². The van der Waals surface area contributed by atoms with Crippen molar-refractivity contribution in [2.24, 2.45) is 0 Å². The van der Waals surface area contributed by atoms with Crippen LogP contribution in [0.3, 0.4) is 0 Å². The fourth-order valence-electron chi connectivity index (χ4n) is 2.51. The summed E-state index contributed by atoms with van der Waals surface area (Å²) in [6.07, 6.45) is 9.37. The van der Waals surface area contributed by atoms with E-state index in [1.807, 2.05) is 12.1 Å². The number of hydrogen-bond acceptors (Lipinski definition) is 1. The highest BCUT2D eigenvalue weighted by atomic mass is 16.4. The molecule has 0 amide bonds. The van der Waals surface area contributed by atoms with Crippen LogP contribution in [0.2, 0.25) is 0 Å². The summed E-state index contributed by atoms with van der Waals surface area (Å²) in [5.74, 6) is -0.253. The first-order valence-corrected chi connectivity index (χ1v) is 6.51. The molecule has 0 spiro atoms. The first-order valence-electron chi connectivity index (χ1n) is 6.51. The Hall–Kier alpha value is -1.79. The van der Waals surface area contributed by atoms with E-state index in [4.69, 9.17) is 5.11 Å². The Morgan fingerprint density at radius 3 is 2.44 bits per heavy atom. The summed E-state index contributed by atoms with van der Waals surface area (Å²) in [5.41, 5.74) is 5.05. The number of carboxylic acids is 1. The van der Waals surface area contributed by atoms with Gasteiger partial charge in [0.15, 0.2) is 0 Å². The summed E-state index contributed by atoms with van der Waals surface area (Å²) in [6, 6.07) is 8.38. The summed E-state index contributed by atoms with van der Waals surface area (Å²) < 4.78 is 0. The highest BCUT2D eigenvalue weighted by Gasteiger charge is 2.14. The van der Waals surface area contributed by atoms with Crippen LogP contribution in [-0.4, -0.2) is 11.1 Å². The van der Waals surface area contributed by atoms with Crippen LogP contribution in [0.15, 0.2) is 36.1 Å². The number of aliphatic carboxylic acids is 1. The second kappa shape index (κ2) is 6.23. The first kappa shape index (κ1) is 12.7. The Labute approximate surface area is 108 Å². The molecule has 0 heterocycles. The lowest BCUT2D eigenvalue weighted by molar-refractivity contribution is -0.131. The Morgan fingerprint density at radius 2 is 1.83 bits per heavy atom. The van der Waals surface area contributed by atoms with Gasteiger partial charge in [-0.1, -0.05) is 43.5 Å². The predicted octanol–water partition coefficient (Wildman–Crippen LogP) is 3.99. The minimum absolute atomic E-state index is 0.714. The van der Waals surface area contributed by atoms with Gasteiger partial charge in [0.05, 0.1) is 6.08 Å². The molecule has 94 valence electrons. The Morgan fingerprint density at radius 1 is 1.17 bits per heavy atom. The van der Waals surface area contributed by atoms with Gasteiger partial charge in [-0.25, -0.2) is 4.79 Å². The summed E-state index contributed by atoms with van der Waals surface area (Å²) in [6.45, 7) is 0. The minimum atomic E-state index is -0.968. The lowest BCUT2D eigenvalue weighted by Crippen LogP contribution is -2.04. The van der Waals surface area contributed by atoms with E-state index in [0.29, 0.717) is 5.92 Å². The maximum atomic E-state index is 10.3. The average Bonchev–Trinajstić information content (AvgIpc) is 2.40. The van der Waals surface area contributed by atoms with Crippen LogP contribution in [0.1, 0.15) is 49.1 Å². The van der Waals surface area contributed by atoms with E-state index >= 15 is 0 Å². The zero-order valence-corrected chi connectivity index (χ0v) is 10.4. The molecule has 1 aromatic rings. The van der Waals surface area contributed by atoms with Crippen molar-refractivity contribution < 1.29 is 9.90 Å². The van der Waals surface area contributed by atoms with Gasteiger partial charge < -0.3 is 5.11 Å². The molecule has 18 heavy (non-hydrogen) atoms. The number of rotatable bonds is 3. The third-order valence-corrected chi connectivity index (χ3v) is 3.47. The van der Waals surface area contributed by atoms with Gasteiger partial charge in [0.2, 0.25) is 0 Å². The molecular weight excluding hydrogens is 224 g/mol.